The van der Waals surface area contributed by atoms with Crippen molar-refractivity contribution in [3.05, 3.63) is 17.7 Å². The Morgan fingerprint density at radius 2 is 1.56 bits per heavy atom. The molecule has 0 unspecified atom stereocenters. The first-order valence-electron chi connectivity index (χ1n) is 4.11. The molecular formula is C10H5N3O3. The average molecular weight is 215 g/mol. The van der Waals surface area contributed by atoms with Crippen LogP contribution in [-0.2, 0) is 14.4 Å². The normalized spacial score (nSPS) is 8.31. The fourth-order valence-electron chi connectivity index (χ4n) is 1.19. The van der Waals surface area contributed by atoms with Gasteiger partial charge in [0, 0.05) is 0 Å². The van der Waals surface area contributed by atoms with Crippen LogP contribution in [0.5, 0.6) is 0 Å². The average Bonchev–Trinajstić information content (AvgIpc) is 2.24. The Bertz CT molecular complexity index is 561. The van der Waals surface area contributed by atoms with E-state index < -0.39 is 0 Å². The fourth-order valence-corrected chi connectivity index (χ4v) is 1.19. The maximum atomic E-state index is 10.2. The molecule has 78 valence electrons. The van der Waals surface area contributed by atoms with E-state index >= 15 is 0 Å². The lowest BCUT2D eigenvalue weighted by Gasteiger charge is -2.02. The second kappa shape index (κ2) is 5.29. The molecule has 0 spiro atoms. The van der Waals surface area contributed by atoms with Crippen LogP contribution in [0.4, 0.5) is 17.1 Å². The topological polar surface area (TPSA) is 88.3 Å². The van der Waals surface area contributed by atoms with Gasteiger partial charge in [0.15, 0.2) is 0 Å². The second-order valence-electron chi connectivity index (χ2n) is 2.74. The number of carbonyl (C=O) groups excluding carboxylic acids is 3. The Hall–Kier alpha value is -2.64. The molecule has 0 saturated carbocycles. The quantitative estimate of drug-likeness (QED) is 0.569. The molecule has 1 rings (SSSR count). The number of rotatable bonds is 3. The van der Waals surface area contributed by atoms with Crippen LogP contribution >= 0.6 is 0 Å². The van der Waals surface area contributed by atoms with Gasteiger partial charge in [-0.05, 0) is 24.6 Å². The number of nitrogens with zero attached hydrogens (tertiary/aromatic N) is 3. The second-order valence-corrected chi connectivity index (χ2v) is 2.74. The van der Waals surface area contributed by atoms with Crippen molar-refractivity contribution in [2.24, 2.45) is 15.0 Å². The summed E-state index contributed by atoms with van der Waals surface area (Å²) in [5.74, 6) is 0. The number of hydrogen-bond donors (Lipinski definition) is 0. The molecule has 6 nitrogen and oxygen atoms in total. The molecule has 0 atom stereocenters. The summed E-state index contributed by atoms with van der Waals surface area (Å²) in [5, 5.41) is 0. The Kier molecular flexibility index (Phi) is 3.78. The van der Waals surface area contributed by atoms with Crippen LogP contribution in [0, 0.1) is 6.92 Å². The molecule has 0 amide bonds. The third-order valence-electron chi connectivity index (χ3n) is 1.76. The summed E-state index contributed by atoms with van der Waals surface area (Å²) in [5.41, 5.74) is 1.11. The summed E-state index contributed by atoms with van der Waals surface area (Å²) in [6.45, 7) is 1.63. The highest BCUT2D eigenvalue weighted by Gasteiger charge is 2.07. The SMILES string of the molecule is Cc1cc(N=C=O)cc(N=C=O)c1N=C=O. The summed E-state index contributed by atoms with van der Waals surface area (Å²) in [6, 6.07) is 2.82. The van der Waals surface area contributed by atoms with Crippen LogP contribution in [0.25, 0.3) is 0 Å². The molecule has 0 fully saturated rings. The number of isocyanates is 3. The van der Waals surface area contributed by atoms with E-state index in [0.717, 1.165) is 0 Å². The third kappa shape index (κ3) is 2.44. The number of benzene rings is 1. The van der Waals surface area contributed by atoms with Gasteiger partial charge in [0.2, 0.25) is 18.2 Å². The van der Waals surface area contributed by atoms with Gasteiger partial charge in [0.1, 0.15) is 11.4 Å². The molecule has 1 aromatic rings. The number of hydrogen-bond acceptors (Lipinski definition) is 6. The zero-order chi connectivity index (χ0) is 12.0. The van der Waals surface area contributed by atoms with Crippen LogP contribution in [0.2, 0.25) is 0 Å². The molecule has 0 aliphatic rings. The monoisotopic (exact) mass is 215 g/mol. The van der Waals surface area contributed by atoms with E-state index in [1.165, 1.54) is 30.4 Å². The molecule has 0 aliphatic carbocycles. The maximum Gasteiger partial charge on any atom is 0.240 e. The summed E-state index contributed by atoms with van der Waals surface area (Å²) in [6.07, 6.45) is 4.04. The molecule has 6 heteroatoms. The molecule has 0 N–H and O–H groups in total. The van der Waals surface area contributed by atoms with Gasteiger partial charge in [-0.15, -0.1) is 0 Å². The van der Waals surface area contributed by atoms with Crippen molar-refractivity contribution in [1.82, 2.24) is 0 Å². The third-order valence-corrected chi connectivity index (χ3v) is 1.76. The Balaban J connectivity index is 3.55. The zero-order valence-corrected chi connectivity index (χ0v) is 8.22. The van der Waals surface area contributed by atoms with Gasteiger partial charge in [-0.2, -0.15) is 15.0 Å². The van der Waals surface area contributed by atoms with Gasteiger partial charge < -0.3 is 0 Å². The molecule has 1 aromatic carbocycles. The molecule has 0 saturated heterocycles. The largest absolute Gasteiger partial charge is 0.240 e. The van der Waals surface area contributed by atoms with Crippen molar-refractivity contribution in [3.8, 4) is 0 Å². The van der Waals surface area contributed by atoms with Gasteiger partial charge in [-0.25, -0.2) is 14.4 Å². The standard InChI is InChI=1S/C10H5N3O3/c1-7-2-8(11-4-14)3-9(12-5-15)10(7)13-6-16/h2-3H,1H3. The first-order chi connectivity index (χ1) is 7.72. The lowest BCUT2D eigenvalue weighted by atomic mass is 10.1. The highest BCUT2D eigenvalue weighted by molar-refractivity contribution is 5.75. The van der Waals surface area contributed by atoms with E-state index in [4.69, 9.17) is 0 Å². The van der Waals surface area contributed by atoms with Crippen molar-refractivity contribution in [3.63, 3.8) is 0 Å². The molecule has 0 aliphatic heterocycles. The highest BCUT2D eigenvalue weighted by Crippen LogP contribution is 2.35. The van der Waals surface area contributed by atoms with Crippen LogP contribution in [0.3, 0.4) is 0 Å². The van der Waals surface area contributed by atoms with E-state index in [-0.39, 0.29) is 17.1 Å². The Labute approximate surface area is 90.1 Å². The zero-order valence-electron chi connectivity index (χ0n) is 8.22. The van der Waals surface area contributed by atoms with Gasteiger partial charge in [0.25, 0.3) is 0 Å². The minimum absolute atomic E-state index is 0.104. The van der Waals surface area contributed by atoms with E-state index in [2.05, 4.69) is 15.0 Å². The van der Waals surface area contributed by atoms with E-state index in [9.17, 15) is 14.4 Å². The molecule has 0 aromatic heterocycles. The first-order valence-corrected chi connectivity index (χ1v) is 4.11. The Morgan fingerprint density at radius 1 is 0.938 bits per heavy atom. The predicted octanol–water partition coefficient (Wildman–Crippen LogP) is 1.90. The van der Waals surface area contributed by atoms with E-state index in [1.807, 2.05) is 0 Å². The maximum absolute atomic E-state index is 10.2. The highest BCUT2D eigenvalue weighted by atomic mass is 16.1. The van der Waals surface area contributed by atoms with Crippen molar-refractivity contribution < 1.29 is 14.4 Å². The first kappa shape index (κ1) is 11.4. The predicted molar refractivity (Wildman–Crippen MR) is 54.5 cm³/mol. The van der Waals surface area contributed by atoms with Gasteiger partial charge >= 0.3 is 0 Å². The summed E-state index contributed by atoms with van der Waals surface area (Å²) >= 11 is 0. The molecule has 0 radical (unpaired) electrons. The summed E-state index contributed by atoms with van der Waals surface area (Å²) in [7, 11) is 0. The smallest absolute Gasteiger partial charge is 0.211 e. The Morgan fingerprint density at radius 3 is 2.12 bits per heavy atom. The van der Waals surface area contributed by atoms with Crippen LogP contribution < -0.4 is 0 Å². The van der Waals surface area contributed by atoms with Crippen molar-refractivity contribution in [1.29, 1.82) is 0 Å². The van der Waals surface area contributed by atoms with Gasteiger partial charge in [0.05, 0.1) is 5.69 Å². The fraction of sp³-hybridized carbons (Fsp3) is 0.100. The number of aryl methyl sites for hydroxylation is 1. The van der Waals surface area contributed by atoms with Crippen molar-refractivity contribution in [2.75, 3.05) is 0 Å². The van der Waals surface area contributed by atoms with E-state index in [0.29, 0.717) is 5.56 Å². The molecule has 0 bridgehead atoms. The molecular weight excluding hydrogens is 210 g/mol. The summed E-state index contributed by atoms with van der Waals surface area (Å²) < 4.78 is 0. The molecule has 0 heterocycles. The van der Waals surface area contributed by atoms with Crippen LogP contribution in [0.15, 0.2) is 27.1 Å². The number of aliphatic imine (C=N–C) groups is 3. The minimum atomic E-state index is 0.104. The minimum Gasteiger partial charge on any atom is -0.211 e. The van der Waals surface area contributed by atoms with Crippen LogP contribution in [0.1, 0.15) is 5.56 Å². The molecule has 16 heavy (non-hydrogen) atoms. The lowest BCUT2D eigenvalue weighted by Crippen LogP contribution is -1.77. The van der Waals surface area contributed by atoms with Crippen LogP contribution in [-0.4, -0.2) is 18.2 Å². The summed E-state index contributed by atoms with van der Waals surface area (Å²) in [4.78, 5) is 40.6. The van der Waals surface area contributed by atoms with Crippen molar-refractivity contribution in [2.45, 2.75) is 6.92 Å². The van der Waals surface area contributed by atoms with Gasteiger partial charge in [-0.1, -0.05) is 0 Å². The van der Waals surface area contributed by atoms with Crippen molar-refractivity contribution >= 4 is 35.3 Å². The lowest BCUT2D eigenvalue weighted by molar-refractivity contribution is 0.564. The van der Waals surface area contributed by atoms with E-state index in [1.54, 1.807) is 6.92 Å². The van der Waals surface area contributed by atoms with Gasteiger partial charge in [-0.3, -0.25) is 0 Å².